The summed E-state index contributed by atoms with van der Waals surface area (Å²) in [6, 6.07) is 7.37. The Hall–Kier alpha value is -0.530. The van der Waals surface area contributed by atoms with Crippen LogP contribution in [0.2, 0.25) is 5.02 Å². The third-order valence-electron chi connectivity index (χ3n) is 1.39. The lowest BCUT2D eigenvalue weighted by atomic mass is 10.1. The van der Waals surface area contributed by atoms with E-state index < -0.39 is 0 Å². The van der Waals surface area contributed by atoms with Crippen LogP contribution in [0.1, 0.15) is 12.5 Å². The summed E-state index contributed by atoms with van der Waals surface area (Å²) in [5, 5.41) is 0.719. The van der Waals surface area contributed by atoms with Crippen LogP contribution in [0.15, 0.2) is 28.8 Å². The van der Waals surface area contributed by atoms with E-state index in [4.69, 9.17) is 23.4 Å². The minimum absolute atomic E-state index is 0.719. The molecule has 0 saturated heterocycles. The Balaban J connectivity index is 2.99. The molecule has 1 aromatic rings. The first-order chi connectivity index (χ1) is 5.24. The van der Waals surface area contributed by atoms with E-state index in [0.29, 0.717) is 0 Å². The highest BCUT2D eigenvalue weighted by molar-refractivity contribution is 6.30. The zero-order valence-electron chi connectivity index (χ0n) is 6.01. The van der Waals surface area contributed by atoms with Crippen molar-refractivity contribution in [2.75, 3.05) is 0 Å². The van der Waals surface area contributed by atoms with Crippen LogP contribution in [0.25, 0.3) is 0 Å². The Morgan fingerprint density at radius 1 is 1.27 bits per heavy atom. The van der Waals surface area contributed by atoms with E-state index in [9.17, 15) is 0 Å². The van der Waals surface area contributed by atoms with E-state index in [1.807, 2.05) is 31.2 Å². The van der Waals surface area contributed by atoms with Crippen LogP contribution < -0.4 is 0 Å². The van der Waals surface area contributed by atoms with Crippen LogP contribution in [-0.4, -0.2) is 5.71 Å². The van der Waals surface area contributed by atoms with E-state index in [0.717, 1.165) is 16.3 Å². The first kappa shape index (κ1) is 8.57. The summed E-state index contributed by atoms with van der Waals surface area (Å²) in [7, 11) is 0. The lowest BCUT2D eigenvalue weighted by molar-refractivity contribution is 1.60. The summed E-state index contributed by atoms with van der Waals surface area (Å²) in [4.78, 5) is 0. The summed E-state index contributed by atoms with van der Waals surface area (Å²) >= 11 is 11.0. The minimum Gasteiger partial charge on any atom is -0.182 e. The first-order valence-corrected chi connectivity index (χ1v) is 3.87. The molecule has 0 unspecified atom stereocenters. The van der Waals surface area contributed by atoms with Gasteiger partial charge < -0.3 is 0 Å². The van der Waals surface area contributed by atoms with Gasteiger partial charge in [0.05, 0.1) is 5.71 Å². The third-order valence-corrected chi connectivity index (χ3v) is 1.89. The lowest BCUT2D eigenvalue weighted by Gasteiger charge is -1.96. The van der Waals surface area contributed by atoms with Gasteiger partial charge in [0.15, 0.2) is 0 Å². The third kappa shape index (κ3) is 2.21. The first-order valence-electron chi connectivity index (χ1n) is 3.15. The van der Waals surface area contributed by atoms with Crippen molar-refractivity contribution in [3.63, 3.8) is 0 Å². The SMILES string of the molecule is CC(=NCl)c1ccc(Cl)cc1. The predicted molar refractivity (Wildman–Crippen MR) is 49.5 cm³/mol. The standard InChI is InChI=1S/C8H7Cl2N/c1-6(11-10)7-2-4-8(9)5-3-7/h2-5H,1H3. The highest BCUT2D eigenvalue weighted by Crippen LogP contribution is 2.10. The second-order valence-electron chi connectivity index (χ2n) is 2.18. The maximum Gasteiger partial charge on any atom is 0.0592 e. The predicted octanol–water partition coefficient (Wildman–Crippen LogP) is 3.30. The number of hydrogen-bond acceptors (Lipinski definition) is 1. The van der Waals surface area contributed by atoms with E-state index in [1.165, 1.54) is 0 Å². The zero-order chi connectivity index (χ0) is 8.27. The van der Waals surface area contributed by atoms with Crippen molar-refractivity contribution in [2.24, 2.45) is 4.51 Å². The fraction of sp³-hybridized carbons (Fsp3) is 0.125. The van der Waals surface area contributed by atoms with Crippen molar-refractivity contribution in [3.8, 4) is 0 Å². The van der Waals surface area contributed by atoms with E-state index in [1.54, 1.807) is 0 Å². The molecule has 0 bridgehead atoms. The Labute approximate surface area is 75.8 Å². The molecular formula is C8H7Cl2N. The summed E-state index contributed by atoms with van der Waals surface area (Å²) in [6.45, 7) is 1.84. The van der Waals surface area contributed by atoms with Crippen molar-refractivity contribution in [2.45, 2.75) is 6.92 Å². The monoisotopic (exact) mass is 187 g/mol. The number of hydrogen-bond donors (Lipinski definition) is 0. The van der Waals surface area contributed by atoms with Crippen molar-refractivity contribution < 1.29 is 0 Å². The zero-order valence-corrected chi connectivity index (χ0v) is 7.52. The number of nitrogens with zero attached hydrogens (tertiary/aromatic N) is 1. The van der Waals surface area contributed by atoms with E-state index in [2.05, 4.69) is 4.51 Å². The number of rotatable bonds is 1. The maximum absolute atomic E-state index is 5.69. The number of halogens is 2. The van der Waals surface area contributed by atoms with Crippen LogP contribution in [-0.2, 0) is 0 Å². The molecule has 0 aromatic heterocycles. The van der Waals surface area contributed by atoms with Gasteiger partial charge in [-0.05, 0) is 24.6 Å². The molecule has 0 N–H and O–H groups in total. The summed E-state index contributed by atoms with van der Waals surface area (Å²) in [5.74, 6) is 0. The second-order valence-corrected chi connectivity index (χ2v) is 2.78. The Morgan fingerprint density at radius 3 is 2.27 bits per heavy atom. The molecule has 1 nitrogen and oxygen atoms in total. The Kier molecular flexibility index (Phi) is 2.92. The van der Waals surface area contributed by atoms with Gasteiger partial charge in [0, 0.05) is 16.8 Å². The van der Waals surface area contributed by atoms with Gasteiger partial charge >= 0.3 is 0 Å². The van der Waals surface area contributed by atoms with Gasteiger partial charge in [-0.1, -0.05) is 23.7 Å². The van der Waals surface area contributed by atoms with Crippen LogP contribution >= 0.6 is 23.4 Å². The quantitative estimate of drug-likeness (QED) is 0.599. The fourth-order valence-corrected chi connectivity index (χ4v) is 0.963. The van der Waals surface area contributed by atoms with Gasteiger partial charge in [-0.15, -0.1) is 0 Å². The second kappa shape index (κ2) is 3.74. The normalized spacial score (nSPS) is 11.7. The molecule has 0 spiro atoms. The molecule has 1 rings (SSSR count). The summed E-state index contributed by atoms with van der Waals surface area (Å²) in [5.41, 5.74) is 1.78. The molecule has 0 saturated carbocycles. The smallest absolute Gasteiger partial charge is 0.0592 e. The molecule has 3 heteroatoms. The van der Waals surface area contributed by atoms with Gasteiger partial charge in [-0.3, -0.25) is 0 Å². The van der Waals surface area contributed by atoms with Crippen LogP contribution in [0.5, 0.6) is 0 Å². The molecule has 0 heterocycles. The fourth-order valence-electron chi connectivity index (χ4n) is 0.740. The molecule has 0 aliphatic carbocycles. The van der Waals surface area contributed by atoms with Crippen LogP contribution in [0.3, 0.4) is 0 Å². The van der Waals surface area contributed by atoms with E-state index in [-0.39, 0.29) is 0 Å². The molecule has 0 aliphatic rings. The molecule has 1 aromatic carbocycles. The Morgan fingerprint density at radius 2 is 1.82 bits per heavy atom. The molecule has 0 radical (unpaired) electrons. The average Bonchev–Trinajstić information content (AvgIpc) is 2.05. The van der Waals surface area contributed by atoms with E-state index >= 15 is 0 Å². The highest BCUT2D eigenvalue weighted by Gasteiger charge is 1.94. The maximum atomic E-state index is 5.69. The lowest BCUT2D eigenvalue weighted by Crippen LogP contribution is -1.90. The van der Waals surface area contributed by atoms with Gasteiger partial charge in [-0.2, -0.15) is 4.51 Å². The molecule has 0 fully saturated rings. The molecule has 0 amide bonds. The molecular weight excluding hydrogens is 181 g/mol. The highest BCUT2D eigenvalue weighted by atomic mass is 35.5. The Bertz CT molecular complexity index is 264. The average molecular weight is 188 g/mol. The molecule has 58 valence electrons. The summed E-state index contributed by atoms with van der Waals surface area (Å²) in [6.07, 6.45) is 0. The summed E-state index contributed by atoms with van der Waals surface area (Å²) < 4.78 is 3.53. The van der Waals surface area contributed by atoms with Crippen molar-refractivity contribution in [1.29, 1.82) is 0 Å². The van der Waals surface area contributed by atoms with Crippen LogP contribution in [0.4, 0.5) is 0 Å². The number of benzene rings is 1. The van der Waals surface area contributed by atoms with Crippen LogP contribution in [0, 0.1) is 0 Å². The van der Waals surface area contributed by atoms with Gasteiger partial charge in [0.25, 0.3) is 0 Å². The van der Waals surface area contributed by atoms with Crippen molar-refractivity contribution in [1.82, 2.24) is 0 Å². The minimum atomic E-state index is 0.719. The molecule has 11 heavy (non-hydrogen) atoms. The van der Waals surface area contributed by atoms with Crippen molar-refractivity contribution >= 4 is 29.1 Å². The van der Waals surface area contributed by atoms with Crippen molar-refractivity contribution in [3.05, 3.63) is 34.9 Å². The van der Waals surface area contributed by atoms with Gasteiger partial charge in [0.2, 0.25) is 0 Å². The molecule has 0 atom stereocenters. The van der Waals surface area contributed by atoms with Gasteiger partial charge in [-0.25, -0.2) is 0 Å². The van der Waals surface area contributed by atoms with Gasteiger partial charge in [0.1, 0.15) is 0 Å². The topological polar surface area (TPSA) is 12.4 Å². The molecule has 0 aliphatic heterocycles. The largest absolute Gasteiger partial charge is 0.182 e.